The van der Waals surface area contributed by atoms with Crippen molar-refractivity contribution in [1.29, 1.82) is 0 Å². The molecule has 1 aromatic carbocycles. The van der Waals surface area contributed by atoms with E-state index in [0.29, 0.717) is 5.75 Å². The molecule has 0 saturated carbocycles. The van der Waals surface area contributed by atoms with Gasteiger partial charge in [-0.15, -0.1) is 0 Å². The number of phenols is 1. The van der Waals surface area contributed by atoms with E-state index in [9.17, 15) is 0 Å². The second kappa shape index (κ2) is 3.89. The molecular formula is C6H6CdO. The van der Waals surface area contributed by atoms with Crippen LogP contribution in [-0.2, 0) is 27.3 Å². The molecule has 0 amide bonds. The molecule has 0 unspecified atom stereocenters. The third-order valence-corrected chi connectivity index (χ3v) is 0.756. The van der Waals surface area contributed by atoms with Gasteiger partial charge in [-0.1, -0.05) is 18.2 Å². The number of hydrogen-bond donors (Lipinski definition) is 1. The van der Waals surface area contributed by atoms with E-state index >= 15 is 0 Å². The number of aromatic hydroxyl groups is 1. The van der Waals surface area contributed by atoms with Gasteiger partial charge in [0, 0.05) is 27.3 Å². The van der Waals surface area contributed by atoms with Gasteiger partial charge in [-0.05, 0) is 12.1 Å². The summed E-state index contributed by atoms with van der Waals surface area (Å²) >= 11 is 0. The third-order valence-electron chi connectivity index (χ3n) is 0.756. The van der Waals surface area contributed by atoms with Crippen molar-refractivity contribution in [3.8, 4) is 5.75 Å². The molecule has 0 aliphatic carbocycles. The van der Waals surface area contributed by atoms with E-state index in [1.165, 1.54) is 0 Å². The van der Waals surface area contributed by atoms with Crippen molar-refractivity contribution in [2.75, 3.05) is 0 Å². The Morgan fingerprint density at radius 1 is 1.00 bits per heavy atom. The summed E-state index contributed by atoms with van der Waals surface area (Å²) in [6.45, 7) is 0. The van der Waals surface area contributed by atoms with Crippen molar-refractivity contribution in [1.82, 2.24) is 0 Å². The third kappa shape index (κ3) is 2.30. The largest absolute Gasteiger partial charge is 0.508 e. The number of hydrogen-bond acceptors (Lipinski definition) is 1. The van der Waals surface area contributed by atoms with E-state index in [1.807, 2.05) is 6.07 Å². The molecule has 0 aromatic heterocycles. The SMILES string of the molecule is Oc1ccccc1.[Cd]. The normalized spacial score (nSPS) is 7.50. The fourth-order valence-electron chi connectivity index (χ4n) is 0.428. The molecular weight excluding hydrogens is 200 g/mol. The summed E-state index contributed by atoms with van der Waals surface area (Å²) in [4.78, 5) is 0. The van der Waals surface area contributed by atoms with Gasteiger partial charge in [-0.25, -0.2) is 0 Å². The molecule has 38 valence electrons. The van der Waals surface area contributed by atoms with Gasteiger partial charge in [0.15, 0.2) is 0 Å². The van der Waals surface area contributed by atoms with Crippen molar-refractivity contribution < 1.29 is 32.4 Å². The molecule has 0 fully saturated rings. The topological polar surface area (TPSA) is 20.2 Å². The Morgan fingerprint density at radius 3 is 1.75 bits per heavy atom. The van der Waals surface area contributed by atoms with E-state index in [2.05, 4.69) is 0 Å². The Labute approximate surface area is 68.5 Å². The molecule has 0 saturated heterocycles. The first-order valence-electron chi connectivity index (χ1n) is 2.13. The Bertz CT molecular complexity index is 138. The molecule has 1 rings (SSSR count). The summed E-state index contributed by atoms with van der Waals surface area (Å²) in [6.07, 6.45) is 0. The minimum atomic E-state index is 0. The molecule has 0 aliphatic heterocycles. The van der Waals surface area contributed by atoms with E-state index in [4.69, 9.17) is 5.11 Å². The first kappa shape index (κ1) is 7.94. The standard InChI is InChI=1S/C6H6O.Cd/c7-6-4-2-1-3-5-6;/h1-5,7H;. The van der Waals surface area contributed by atoms with Crippen molar-refractivity contribution in [2.24, 2.45) is 0 Å². The maximum absolute atomic E-state index is 8.63. The molecule has 0 aliphatic rings. The summed E-state index contributed by atoms with van der Waals surface area (Å²) in [6, 6.07) is 8.71. The van der Waals surface area contributed by atoms with Gasteiger partial charge in [0.2, 0.25) is 0 Å². The average Bonchev–Trinajstić information content (AvgIpc) is 1.69. The molecule has 0 atom stereocenters. The molecule has 0 spiro atoms. The fraction of sp³-hybridized carbons (Fsp3) is 0. The molecule has 8 heavy (non-hydrogen) atoms. The summed E-state index contributed by atoms with van der Waals surface area (Å²) in [5, 5.41) is 8.63. The van der Waals surface area contributed by atoms with E-state index in [0.717, 1.165) is 0 Å². The molecule has 1 nitrogen and oxygen atoms in total. The number of para-hydroxylation sites is 1. The van der Waals surface area contributed by atoms with Crippen molar-refractivity contribution in [2.45, 2.75) is 0 Å². The van der Waals surface area contributed by atoms with Gasteiger partial charge >= 0.3 is 0 Å². The summed E-state index contributed by atoms with van der Waals surface area (Å²) in [7, 11) is 0. The van der Waals surface area contributed by atoms with Crippen LogP contribution in [0.3, 0.4) is 0 Å². The zero-order chi connectivity index (χ0) is 5.11. The Kier molecular flexibility index (Phi) is 3.86. The van der Waals surface area contributed by atoms with Crippen LogP contribution in [0.4, 0.5) is 0 Å². The quantitative estimate of drug-likeness (QED) is 0.636. The summed E-state index contributed by atoms with van der Waals surface area (Å²) in [5.41, 5.74) is 0. The smallest absolute Gasteiger partial charge is 0.115 e. The minimum absolute atomic E-state index is 0. The monoisotopic (exact) mass is 208 g/mol. The average molecular weight is 207 g/mol. The van der Waals surface area contributed by atoms with Crippen molar-refractivity contribution >= 4 is 0 Å². The van der Waals surface area contributed by atoms with Crippen LogP contribution in [-0.4, -0.2) is 5.11 Å². The predicted octanol–water partition coefficient (Wildman–Crippen LogP) is 1.39. The Balaban J connectivity index is 0.000000490. The number of rotatable bonds is 0. The molecule has 0 radical (unpaired) electrons. The maximum atomic E-state index is 8.63. The van der Waals surface area contributed by atoms with E-state index < -0.39 is 0 Å². The van der Waals surface area contributed by atoms with Crippen LogP contribution in [0.2, 0.25) is 0 Å². The molecule has 2 heteroatoms. The first-order chi connectivity index (χ1) is 3.39. The van der Waals surface area contributed by atoms with Crippen LogP contribution in [0.15, 0.2) is 30.3 Å². The zero-order valence-corrected chi connectivity index (χ0v) is 8.58. The molecule has 1 aromatic rings. The Hall–Kier alpha value is -0.0579. The number of benzene rings is 1. The van der Waals surface area contributed by atoms with Crippen molar-refractivity contribution in [3.05, 3.63) is 30.3 Å². The van der Waals surface area contributed by atoms with Gasteiger partial charge < -0.3 is 5.11 Å². The van der Waals surface area contributed by atoms with Crippen LogP contribution in [0.1, 0.15) is 0 Å². The van der Waals surface area contributed by atoms with Crippen molar-refractivity contribution in [3.63, 3.8) is 0 Å². The van der Waals surface area contributed by atoms with E-state index in [1.54, 1.807) is 24.3 Å². The second-order valence-electron chi connectivity index (χ2n) is 1.34. The van der Waals surface area contributed by atoms with Crippen LogP contribution in [0, 0.1) is 0 Å². The van der Waals surface area contributed by atoms with Gasteiger partial charge in [-0.3, -0.25) is 0 Å². The van der Waals surface area contributed by atoms with Crippen LogP contribution >= 0.6 is 0 Å². The number of phenolic OH excluding ortho intramolecular Hbond substituents is 1. The molecule has 0 heterocycles. The summed E-state index contributed by atoms with van der Waals surface area (Å²) in [5.74, 6) is 0.322. The van der Waals surface area contributed by atoms with Crippen LogP contribution in [0.25, 0.3) is 0 Å². The fourth-order valence-corrected chi connectivity index (χ4v) is 0.428. The van der Waals surface area contributed by atoms with Crippen LogP contribution < -0.4 is 0 Å². The zero-order valence-electron chi connectivity index (χ0n) is 4.54. The summed E-state index contributed by atoms with van der Waals surface area (Å²) < 4.78 is 0. The predicted molar refractivity (Wildman–Crippen MR) is 28.1 cm³/mol. The Morgan fingerprint density at radius 2 is 1.50 bits per heavy atom. The van der Waals surface area contributed by atoms with Gasteiger partial charge in [-0.2, -0.15) is 0 Å². The first-order valence-corrected chi connectivity index (χ1v) is 2.13. The van der Waals surface area contributed by atoms with Gasteiger partial charge in [0.1, 0.15) is 5.75 Å². The van der Waals surface area contributed by atoms with Gasteiger partial charge in [0.25, 0.3) is 0 Å². The minimum Gasteiger partial charge on any atom is -0.508 e. The molecule has 0 bridgehead atoms. The van der Waals surface area contributed by atoms with Gasteiger partial charge in [0.05, 0.1) is 0 Å². The second-order valence-corrected chi connectivity index (χ2v) is 1.34. The molecule has 1 N–H and O–H groups in total. The van der Waals surface area contributed by atoms with E-state index in [-0.39, 0.29) is 27.3 Å². The van der Waals surface area contributed by atoms with Crippen LogP contribution in [0.5, 0.6) is 5.75 Å². The maximum Gasteiger partial charge on any atom is 0.115 e.